The number of alkyl carbamates (subject to hydrolysis) is 1. The van der Waals surface area contributed by atoms with Gasteiger partial charge in [-0.25, -0.2) is 4.79 Å². The molecule has 6 saturated carbocycles. The number of carbonyl (C=O) groups excluding carboxylic acids is 5. The maximum absolute atomic E-state index is 14.0. The first kappa shape index (κ1) is 44.6. The van der Waals surface area contributed by atoms with E-state index >= 15 is 0 Å². The van der Waals surface area contributed by atoms with Crippen LogP contribution in [0.2, 0.25) is 0 Å². The number of rotatable bonds is 14. The van der Waals surface area contributed by atoms with E-state index in [4.69, 9.17) is 19.9 Å². The Labute approximate surface area is 364 Å². The predicted molar refractivity (Wildman–Crippen MR) is 228 cm³/mol. The molecule has 14 nitrogen and oxygen atoms in total. The van der Waals surface area contributed by atoms with E-state index in [2.05, 4.69) is 35.0 Å². The lowest BCUT2D eigenvalue weighted by atomic mass is 9.46. The lowest BCUT2D eigenvalue weighted by molar-refractivity contribution is -0.201. The van der Waals surface area contributed by atoms with Gasteiger partial charge in [0.1, 0.15) is 18.2 Å². The number of nitrogens with two attached hydrogens (primary N) is 1. The third-order valence-electron chi connectivity index (χ3n) is 16.0. The predicted octanol–water partition coefficient (Wildman–Crippen LogP) is 4.26. The van der Waals surface area contributed by atoms with Crippen LogP contribution in [0.25, 0.3) is 0 Å². The molecule has 0 spiro atoms. The number of amides is 3. The van der Waals surface area contributed by atoms with Crippen molar-refractivity contribution in [3.8, 4) is 0 Å². The topological polar surface area (TPSA) is 216 Å². The summed E-state index contributed by atoms with van der Waals surface area (Å²) in [5.74, 6) is -0.688. The van der Waals surface area contributed by atoms with Crippen molar-refractivity contribution in [1.82, 2.24) is 16.0 Å². The number of hydrogen-bond donors (Lipinski definition) is 6. The molecule has 7 aliphatic carbocycles. The van der Waals surface area contributed by atoms with Crippen molar-refractivity contribution in [1.29, 1.82) is 0 Å². The van der Waals surface area contributed by atoms with Crippen LogP contribution in [0.1, 0.15) is 116 Å². The van der Waals surface area contributed by atoms with Crippen molar-refractivity contribution >= 4 is 29.5 Å². The first-order valence-corrected chi connectivity index (χ1v) is 22.8. The standard InChI is InChI=1S/C48H66N4O10/c1-44(2,3)62-43(59)50-17-7-6-8-34(51-39(57)25-49)41(58)52-35-23-47(21-29(35)22-47)20-27-9-11-28(12-10-27)42-60-38-19-33-32-14-13-30-18-31(54)15-16-45(30,4)40(32)36(55)24-46(33,5)48(38,61-42)37(56)26-53/h9-12,15-16,18,29,32-36,38,40,42,53,55H,6-8,13-14,17,19-26,49H2,1-5H3,(H,50,59)(H,51,57)(H,52,58)/t29?,32-,33-,34-,35+,36-,38+,40+,42+,45-,46-,47?,48+/m0/s1. The Kier molecular flexibility index (Phi) is 11.9. The summed E-state index contributed by atoms with van der Waals surface area (Å²) in [4.78, 5) is 64.1. The van der Waals surface area contributed by atoms with Crippen LogP contribution in [0.4, 0.5) is 4.79 Å². The third-order valence-corrected chi connectivity index (χ3v) is 16.0. The Morgan fingerprint density at radius 2 is 1.79 bits per heavy atom. The molecule has 2 bridgehead atoms. The molecule has 1 aromatic carbocycles. The summed E-state index contributed by atoms with van der Waals surface area (Å²) < 4.78 is 18.8. The molecule has 7 fully saturated rings. The van der Waals surface area contributed by atoms with Gasteiger partial charge in [-0.05, 0) is 132 Å². The molecule has 338 valence electrons. The number of ketones is 2. The highest BCUT2D eigenvalue weighted by Gasteiger charge is 2.76. The fraction of sp³-hybridized carbons (Fsp3) is 0.688. The summed E-state index contributed by atoms with van der Waals surface area (Å²) in [7, 11) is 0. The molecule has 11 atom stereocenters. The molecule has 62 heavy (non-hydrogen) atoms. The minimum Gasteiger partial charge on any atom is -0.444 e. The summed E-state index contributed by atoms with van der Waals surface area (Å²) in [5.41, 5.74) is 5.40. The van der Waals surface area contributed by atoms with Crippen molar-refractivity contribution < 1.29 is 48.4 Å². The molecule has 14 heteroatoms. The summed E-state index contributed by atoms with van der Waals surface area (Å²) in [6.07, 6.45) is 10.5. The maximum Gasteiger partial charge on any atom is 0.407 e. The molecule has 1 aromatic rings. The van der Waals surface area contributed by atoms with E-state index in [1.165, 1.54) is 0 Å². The Morgan fingerprint density at radius 1 is 1.05 bits per heavy atom. The minimum atomic E-state index is -1.41. The van der Waals surface area contributed by atoms with Gasteiger partial charge in [-0.15, -0.1) is 0 Å². The number of aliphatic hydroxyl groups excluding tert-OH is 2. The summed E-state index contributed by atoms with van der Waals surface area (Å²) in [5, 5.41) is 31.1. The fourth-order valence-corrected chi connectivity index (χ4v) is 13.4. The molecule has 7 N–H and O–H groups in total. The number of benzene rings is 1. The SMILES string of the molecule is CC(C)(C)OC(=O)NCCCC[C@H](NC(=O)CN)C(=O)N[C@@H]1CC2(Cc3ccc([C@@H]4O[C@@H]5C[C@H]6[C@@H]7CCC8=CC(=O)C=C[C@]8(C)[C@H]7[C@@H](O)C[C@]6(C)[C@]5(C(=O)CO)O4)cc3)CC1C2. The molecule has 1 saturated heterocycles. The Balaban J connectivity index is 0.878. The molecule has 0 unspecified atom stereocenters. The van der Waals surface area contributed by atoms with Crippen molar-refractivity contribution in [2.75, 3.05) is 19.7 Å². The number of allylic oxidation sites excluding steroid dienone is 4. The van der Waals surface area contributed by atoms with Gasteiger partial charge in [-0.1, -0.05) is 49.8 Å². The number of carbonyl (C=O) groups is 5. The molecule has 0 radical (unpaired) electrons. The van der Waals surface area contributed by atoms with E-state index in [1.54, 1.807) is 32.9 Å². The van der Waals surface area contributed by atoms with Crippen LogP contribution in [0.3, 0.4) is 0 Å². The first-order valence-electron chi connectivity index (χ1n) is 22.8. The van der Waals surface area contributed by atoms with Gasteiger partial charge in [0.05, 0.1) is 18.8 Å². The normalized spacial score (nSPS) is 38.1. The van der Waals surface area contributed by atoms with Gasteiger partial charge in [0.15, 0.2) is 23.5 Å². The van der Waals surface area contributed by atoms with Gasteiger partial charge in [0.25, 0.3) is 0 Å². The maximum atomic E-state index is 14.0. The van der Waals surface area contributed by atoms with Crippen LogP contribution < -0.4 is 21.7 Å². The summed E-state index contributed by atoms with van der Waals surface area (Å²) >= 11 is 0. The van der Waals surface area contributed by atoms with Crippen LogP contribution in [-0.4, -0.2) is 94.9 Å². The quantitative estimate of drug-likeness (QED) is 0.146. The monoisotopic (exact) mass is 858 g/mol. The molecule has 1 aliphatic heterocycles. The fourth-order valence-electron chi connectivity index (χ4n) is 13.4. The van der Waals surface area contributed by atoms with E-state index in [-0.39, 0.29) is 47.4 Å². The largest absolute Gasteiger partial charge is 0.444 e. The smallest absolute Gasteiger partial charge is 0.407 e. The van der Waals surface area contributed by atoms with E-state index in [9.17, 15) is 34.2 Å². The number of aliphatic hydroxyl groups is 2. The van der Waals surface area contributed by atoms with Crippen molar-refractivity contribution in [3.05, 3.63) is 59.2 Å². The number of ether oxygens (including phenoxy) is 3. The Hall–Kier alpha value is -3.95. The van der Waals surface area contributed by atoms with Crippen molar-refractivity contribution in [2.24, 2.45) is 45.7 Å². The molecule has 3 amide bonds. The van der Waals surface area contributed by atoms with Gasteiger partial charge in [0.2, 0.25) is 11.8 Å². The molecule has 8 aliphatic rings. The second kappa shape index (κ2) is 16.6. The van der Waals surface area contributed by atoms with Crippen LogP contribution in [0.5, 0.6) is 0 Å². The third kappa shape index (κ3) is 7.86. The average molecular weight is 859 g/mol. The summed E-state index contributed by atoms with van der Waals surface area (Å²) in [6, 6.07) is 7.42. The van der Waals surface area contributed by atoms with Crippen LogP contribution in [0, 0.1) is 39.9 Å². The van der Waals surface area contributed by atoms with E-state index < -0.39 is 71.0 Å². The molecule has 9 rings (SSSR count). The number of hydrogen-bond acceptors (Lipinski definition) is 11. The zero-order valence-corrected chi connectivity index (χ0v) is 36.9. The number of nitrogens with one attached hydrogen (secondary N) is 3. The van der Waals surface area contributed by atoms with E-state index in [0.29, 0.717) is 44.6 Å². The zero-order chi connectivity index (χ0) is 44.4. The van der Waals surface area contributed by atoms with E-state index in [1.807, 2.05) is 25.1 Å². The van der Waals surface area contributed by atoms with Gasteiger partial charge < -0.3 is 46.1 Å². The number of unbranched alkanes of at least 4 members (excludes halogenated alkanes) is 1. The highest BCUT2D eigenvalue weighted by molar-refractivity contribution is 6.01. The lowest BCUT2D eigenvalue weighted by Gasteiger charge is -2.59. The minimum absolute atomic E-state index is 0.00457. The first-order chi connectivity index (χ1) is 29.3. The van der Waals surface area contributed by atoms with Crippen molar-refractivity contribution in [2.45, 2.75) is 147 Å². The zero-order valence-electron chi connectivity index (χ0n) is 36.9. The van der Waals surface area contributed by atoms with Crippen molar-refractivity contribution in [3.63, 3.8) is 0 Å². The van der Waals surface area contributed by atoms with Gasteiger partial charge in [-0.2, -0.15) is 0 Å². The van der Waals surface area contributed by atoms with E-state index in [0.717, 1.165) is 55.2 Å². The highest BCUT2D eigenvalue weighted by atomic mass is 16.7. The number of fused-ring (bicyclic) bond motifs is 8. The summed E-state index contributed by atoms with van der Waals surface area (Å²) in [6.45, 7) is 9.05. The molecule has 1 heterocycles. The van der Waals surface area contributed by atoms with Gasteiger partial charge in [0, 0.05) is 34.9 Å². The molecular weight excluding hydrogens is 793 g/mol. The van der Waals surface area contributed by atoms with Gasteiger partial charge >= 0.3 is 6.09 Å². The van der Waals surface area contributed by atoms with Crippen LogP contribution >= 0.6 is 0 Å². The Bertz CT molecular complexity index is 2010. The highest BCUT2D eigenvalue weighted by Crippen LogP contribution is 2.70. The average Bonchev–Trinajstić information content (AvgIpc) is 3.92. The lowest BCUT2D eigenvalue weighted by Crippen LogP contribution is -2.63. The second-order valence-corrected chi connectivity index (χ2v) is 21.0. The molecular formula is C48H66N4O10. The second-order valence-electron chi connectivity index (χ2n) is 21.0. The number of Topliss-reactive ketones (excluding diaryl/α,β-unsaturated/α-hetero) is 1. The van der Waals surface area contributed by atoms with Crippen LogP contribution in [0.15, 0.2) is 48.1 Å². The van der Waals surface area contributed by atoms with Crippen LogP contribution in [-0.2, 0) is 39.8 Å². The van der Waals surface area contributed by atoms with Gasteiger partial charge in [-0.3, -0.25) is 19.2 Å². The Morgan fingerprint density at radius 3 is 2.48 bits per heavy atom. The molecule has 0 aromatic heterocycles.